The predicted molar refractivity (Wildman–Crippen MR) is 81.0 cm³/mol. The highest BCUT2D eigenvalue weighted by molar-refractivity contribution is 7.84. The predicted octanol–water partition coefficient (Wildman–Crippen LogP) is 0.832. The van der Waals surface area contributed by atoms with Crippen LogP contribution in [0.5, 0.6) is 0 Å². The number of carbonyl (C=O) groups is 1. The standard InChI is InChI=1S/C13H21N3O2S/c1-9(8-19(4)18)15-13(17)11-7-10(14)5-6-12(11)16(2)3/h5-7,9H,8,14H2,1-4H3,(H,15,17). The Morgan fingerprint density at radius 1 is 1.47 bits per heavy atom. The molecule has 0 aromatic heterocycles. The van der Waals surface area contributed by atoms with Crippen LogP contribution in [0, 0.1) is 0 Å². The molecule has 1 aromatic carbocycles. The number of nitrogens with zero attached hydrogens (tertiary/aromatic N) is 1. The van der Waals surface area contributed by atoms with Crippen molar-refractivity contribution in [1.82, 2.24) is 5.32 Å². The fraction of sp³-hybridized carbons (Fsp3) is 0.462. The summed E-state index contributed by atoms with van der Waals surface area (Å²) in [5, 5.41) is 2.84. The number of benzene rings is 1. The van der Waals surface area contributed by atoms with Gasteiger partial charge < -0.3 is 16.0 Å². The molecule has 106 valence electrons. The molecule has 0 aliphatic rings. The number of nitrogens with two attached hydrogens (primary N) is 1. The van der Waals surface area contributed by atoms with Crippen molar-refractivity contribution in [2.24, 2.45) is 0 Å². The van der Waals surface area contributed by atoms with Gasteiger partial charge in [-0.2, -0.15) is 0 Å². The second kappa shape index (κ2) is 6.56. The van der Waals surface area contributed by atoms with Crippen LogP contribution in [-0.4, -0.2) is 42.3 Å². The summed E-state index contributed by atoms with van der Waals surface area (Å²) in [7, 11) is 2.80. The minimum absolute atomic E-state index is 0.144. The molecular formula is C13H21N3O2S. The van der Waals surface area contributed by atoms with Crippen LogP contribution in [0.2, 0.25) is 0 Å². The molecule has 6 heteroatoms. The summed E-state index contributed by atoms with van der Waals surface area (Å²) in [5.74, 6) is 0.236. The zero-order valence-electron chi connectivity index (χ0n) is 11.8. The minimum Gasteiger partial charge on any atom is -0.399 e. The molecule has 0 bridgehead atoms. The zero-order valence-corrected chi connectivity index (χ0v) is 12.6. The van der Waals surface area contributed by atoms with Crippen molar-refractivity contribution in [2.75, 3.05) is 36.7 Å². The molecule has 0 aliphatic carbocycles. The highest BCUT2D eigenvalue weighted by Crippen LogP contribution is 2.21. The highest BCUT2D eigenvalue weighted by Gasteiger charge is 2.16. The van der Waals surface area contributed by atoms with Gasteiger partial charge in [0.2, 0.25) is 0 Å². The van der Waals surface area contributed by atoms with Gasteiger partial charge in [0.25, 0.3) is 5.91 Å². The van der Waals surface area contributed by atoms with Crippen molar-refractivity contribution in [2.45, 2.75) is 13.0 Å². The van der Waals surface area contributed by atoms with Crippen molar-refractivity contribution < 1.29 is 9.00 Å². The topological polar surface area (TPSA) is 75.4 Å². The minimum atomic E-state index is -0.937. The van der Waals surface area contributed by atoms with Crippen LogP contribution in [0.3, 0.4) is 0 Å². The van der Waals surface area contributed by atoms with Crippen molar-refractivity contribution in [1.29, 1.82) is 0 Å². The van der Waals surface area contributed by atoms with Gasteiger partial charge in [-0.3, -0.25) is 9.00 Å². The van der Waals surface area contributed by atoms with Crippen LogP contribution in [-0.2, 0) is 10.8 Å². The number of anilines is 2. The average Bonchev–Trinajstić information content (AvgIpc) is 2.26. The van der Waals surface area contributed by atoms with Gasteiger partial charge in [0.15, 0.2) is 0 Å². The first-order chi connectivity index (χ1) is 8.81. The van der Waals surface area contributed by atoms with E-state index in [0.717, 1.165) is 5.69 Å². The number of carbonyl (C=O) groups excluding carboxylic acids is 1. The summed E-state index contributed by atoms with van der Waals surface area (Å²) in [5.41, 5.74) is 7.60. The molecule has 2 unspecified atom stereocenters. The summed E-state index contributed by atoms with van der Waals surface area (Å²) >= 11 is 0. The smallest absolute Gasteiger partial charge is 0.253 e. The van der Waals surface area contributed by atoms with Crippen LogP contribution >= 0.6 is 0 Å². The number of amides is 1. The first-order valence-electron chi connectivity index (χ1n) is 5.99. The summed E-state index contributed by atoms with van der Waals surface area (Å²) in [6, 6.07) is 5.08. The normalized spacial score (nSPS) is 13.7. The third-order valence-corrected chi connectivity index (χ3v) is 3.58. The Labute approximate surface area is 116 Å². The van der Waals surface area contributed by atoms with Crippen LogP contribution < -0.4 is 16.0 Å². The van der Waals surface area contributed by atoms with E-state index in [1.54, 1.807) is 18.4 Å². The lowest BCUT2D eigenvalue weighted by molar-refractivity contribution is 0.0944. The van der Waals surface area contributed by atoms with Crippen LogP contribution in [0.15, 0.2) is 18.2 Å². The summed E-state index contributed by atoms with van der Waals surface area (Å²) in [4.78, 5) is 14.1. The lowest BCUT2D eigenvalue weighted by Crippen LogP contribution is -2.36. The number of hydrogen-bond acceptors (Lipinski definition) is 4. The molecule has 2 atom stereocenters. The summed E-state index contributed by atoms with van der Waals surface area (Å²) < 4.78 is 11.1. The third-order valence-electron chi connectivity index (χ3n) is 2.61. The summed E-state index contributed by atoms with van der Waals surface area (Å²) in [6.45, 7) is 1.83. The fourth-order valence-electron chi connectivity index (χ4n) is 1.82. The molecule has 5 nitrogen and oxygen atoms in total. The fourth-order valence-corrected chi connectivity index (χ4v) is 2.61. The maximum atomic E-state index is 12.2. The van der Waals surface area contributed by atoms with Gasteiger partial charge in [-0.25, -0.2) is 0 Å². The van der Waals surface area contributed by atoms with E-state index in [2.05, 4.69) is 5.32 Å². The van der Waals surface area contributed by atoms with Gasteiger partial charge in [-0.05, 0) is 25.1 Å². The monoisotopic (exact) mass is 283 g/mol. The molecule has 0 fully saturated rings. The Bertz CT molecular complexity index is 489. The van der Waals surface area contributed by atoms with Crippen molar-refractivity contribution in [3.8, 4) is 0 Å². The Morgan fingerprint density at radius 2 is 2.11 bits per heavy atom. The Kier molecular flexibility index (Phi) is 5.35. The average molecular weight is 283 g/mol. The lowest BCUT2D eigenvalue weighted by Gasteiger charge is -2.19. The van der Waals surface area contributed by atoms with Crippen LogP contribution in [0.25, 0.3) is 0 Å². The molecule has 0 saturated carbocycles. The molecule has 1 aromatic rings. The number of nitrogen functional groups attached to an aromatic ring is 1. The zero-order chi connectivity index (χ0) is 14.6. The number of nitrogens with one attached hydrogen (secondary N) is 1. The number of hydrogen-bond donors (Lipinski definition) is 2. The van der Waals surface area contributed by atoms with Gasteiger partial charge >= 0.3 is 0 Å². The van der Waals surface area contributed by atoms with Crippen molar-refractivity contribution in [3.63, 3.8) is 0 Å². The molecule has 0 saturated heterocycles. The molecule has 3 N–H and O–H groups in total. The van der Waals surface area contributed by atoms with Gasteiger partial charge in [0.1, 0.15) is 0 Å². The SMILES string of the molecule is CC(CS(C)=O)NC(=O)c1cc(N)ccc1N(C)C. The molecule has 0 heterocycles. The Balaban J connectivity index is 2.92. The molecule has 19 heavy (non-hydrogen) atoms. The molecular weight excluding hydrogens is 262 g/mol. The van der Waals surface area contributed by atoms with E-state index in [4.69, 9.17) is 5.73 Å². The first kappa shape index (κ1) is 15.5. The van der Waals surface area contributed by atoms with Gasteiger partial charge in [0.05, 0.1) is 5.56 Å². The molecule has 0 radical (unpaired) electrons. The second-order valence-electron chi connectivity index (χ2n) is 4.79. The van der Waals surface area contributed by atoms with Gasteiger partial charge in [-0.1, -0.05) is 0 Å². The molecule has 0 spiro atoms. The molecule has 0 aliphatic heterocycles. The van der Waals surface area contributed by atoms with E-state index in [1.807, 2.05) is 32.0 Å². The van der Waals surface area contributed by atoms with Gasteiger partial charge in [0, 0.05) is 54.3 Å². The van der Waals surface area contributed by atoms with E-state index >= 15 is 0 Å². The van der Waals surface area contributed by atoms with Crippen LogP contribution in [0.1, 0.15) is 17.3 Å². The number of rotatable bonds is 5. The maximum absolute atomic E-state index is 12.2. The summed E-state index contributed by atoms with van der Waals surface area (Å²) in [6.07, 6.45) is 1.62. The molecule has 1 amide bonds. The van der Waals surface area contributed by atoms with Gasteiger partial charge in [-0.15, -0.1) is 0 Å². The Morgan fingerprint density at radius 3 is 2.63 bits per heavy atom. The first-order valence-corrected chi connectivity index (χ1v) is 7.71. The van der Waals surface area contributed by atoms with E-state index in [1.165, 1.54) is 0 Å². The highest BCUT2D eigenvalue weighted by atomic mass is 32.2. The van der Waals surface area contributed by atoms with Crippen molar-refractivity contribution in [3.05, 3.63) is 23.8 Å². The lowest BCUT2D eigenvalue weighted by atomic mass is 10.1. The third kappa shape index (κ3) is 4.55. The van der Waals surface area contributed by atoms with Crippen molar-refractivity contribution >= 4 is 28.1 Å². The maximum Gasteiger partial charge on any atom is 0.253 e. The quantitative estimate of drug-likeness (QED) is 0.785. The largest absolute Gasteiger partial charge is 0.399 e. The van der Waals surface area contributed by atoms with Crippen LogP contribution in [0.4, 0.5) is 11.4 Å². The van der Waals surface area contributed by atoms with E-state index in [-0.39, 0.29) is 11.9 Å². The van der Waals surface area contributed by atoms with E-state index in [9.17, 15) is 9.00 Å². The second-order valence-corrected chi connectivity index (χ2v) is 6.27. The Hall–Kier alpha value is -1.56. The molecule has 1 rings (SSSR count). The van der Waals surface area contributed by atoms with E-state index in [0.29, 0.717) is 17.0 Å². The van der Waals surface area contributed by atoms with E-state index < -0.39 is 10.8 Å².